The summed E-state index contributed by atoms with van der Waals surface area (Å²) in [7, 11) is 0. The van der Waals surface area contributed by atoms with Crippen molar-refractivity contribution < 1.29 is 14.3 Å². The monoisotopic (exact) mass is 333 g/mol. The van der Waals surface area contributed by atoms with E-state index >= 15 is 0 Å². The number of thiophene rings is 1. The summed E-state index contributed by atoms with van der Waals surface area (Å²) < 4.78 is 10.7. The average Bonchev–Trinajstić information content (AvgIpc) is 3.04. The van der Waals surface area contributed by atoms with Crippen molar-refractivity contribution in [1.29, 1.82) is 0 Å². The van der Waals surface area contributed by atoms with E-state index in [0.29, 0.717) is 12.4 Å². The van der Waals surface area contributed by atoms with Crippen molar-refractivity contribution in [3.05, 3.63) is 57.1 Å². The zero-order chi connectivity index (χ0) is 16.9. The van der Waals surface area contributed by atoms with Crippen molar-refractivity contribution in [1.82, 2.24) is 0 Å². The van der Waals surface area contributed by atoms with E-state index in [1.54, 1.807) is 45.0 Å². The van der Waals surface area contributed by atoms with E-state index in [9.17, 15) is 9.70 Å². The van der Waals surface area contributed by atoms with E-state index in [4.69, 9.17) is 9.47 Å². The van der Waals surface area contributed by atoms with Gasteiger partial charge in [-0.25, -0.2) is 4.79 Å². The smallest absolute Gasteiger partial charge is 0.349 e. The van der Waals surface area contributed by atoms with Gasteiger partial charge in [-0.05, 0) is 49.9 Å². The molecule has 0 amide bonds. The summed E-state index contributed by atoms with van der Waals surface area (Å²) in [6, 6.07) is 10.2. The van der Waals surface area contributed by atoms with Crippen LogP contribution in [0.25, 0.3) is 0 Å². The van der Waals surface area contributed by atoms with Gasteiger partial charge in [-0.15, -0.1) is 16.2 Å². The Kier molecular flexibility index (Phi) is 5.50. The maximum Gasteiger partial charge on any atom is 0.349 e. The number of carbonyl (C=O) groups excluding carboxylic acids is 1. The molecule has 0 aliphatic carbocycles. The van der Waals surface area contributed by atoms with E-state index in [0.717, 1.165) is 10.4 Å². The molecular weight excluding hydrogens is 314 g/mol. The number of hydrogen-bond acceptors (Lipinski definition) is 6. The molecule has 0 bridgehead atoms. The molecule has 0 radical (unpaired) electrons. The molecule has 0 saturated heterocycles. The molecule has 1 heterocycles. The van der Waals surface area contributed by atoms with E-state index in [1.165, 1.54) is 11.3 Å². The summed E-state index contributed by atoms with van der Waals surface area (Å²) in [6.07, 6.45) is 0. The molecule has 0 aliphatic heterocycles. The van der Waals surface area contributed by atoms with Crippen LogP contribution in [0.1, 0.15) is 37.3 Å². The van der Waals surface area contributed by atoms with Gasteiger partial charge in [-0.2, -0.15) is 0 Å². The Morgan fingerprint density at radius 3 is 2.48 bits per heavy atom. The fraction of sp³-hybridized carbons (Fsp3) is 0.353. The van der Waals surface area contributed by atoms with Crippen molar-refractivity contribution in [2.45, 2.75) is 32.4 Å². The van der Waals surface area contributed by atoms with Crippen LogP contribution in [0.4, 0.5) is 0 Å². The minimum Gasteiger partial charge on any atom is -0.476 e. The molecule has 1 aromatic carbocycles. The minimum atomic E-state index is -1.08. The van der Waals surface area contributed by atoms with Gasteiger partial charge in [0.25, 0.3) is 0 Å². The van der Waals surface area contributed by atoms with E-state index in [2.05, 4.69) is 5.18 Å². The Balaban J connectivity index is 2.13. The van der Waals surface area contributed by atoms with E-state index < -0.39 is 17.6 Å². The average molecular weight is 333 g/mol. The molecule has 0 aliphatic rings. The summed E-state index contributed by atoms with van der Waals surface area (Å²) in [5, 5.41) is 5.11. The number of nitrogens with zero attached hydrogens (tertiary/aromatic N) is 1. The molecular formula is C17H19NO4S. The topological polar surface area (TPSA) is 65.0 Å². The van der Waals surface area contributed by atoms with Crippen molar-refractivity contribution in [3.63, 3.8) is 0 Å². The first-order valence-electron chi connectivity index (χ1n) is 7.30. The number of carbonyl (C=O) groups is 1. The number of rotatable bonds is 7. The van der Waals surface area contributed by atoms with Crippen LogP contribution in [0.2, 0.25) is 0 Å². The van der Waals surface area contributed by atoms with Gasteiger partial charge >= 0.3 is 5.97 Å². The van der Waals surface area contributed by atoms with Crippen LogP contribution in [0.15, 0.2) is 47.0 Å². The van der Waals surface area contributed by atoms with Gasteiger partial charge in [0.2, 0.25) is 0 Å². The Hall–Kier alpha value is -2.21. The third kappa shape index (κ3) is 4.16. The Morgan fingerprint density at radius 2 is 1.96 bits per heavy atom. The largest absolute Gasteiger partial charge is 0.476 e. The first kappa shape index (κ1) is 17.1. The lowest BCUT2D eigenvalue weighted by atomic mass is 10.1. The quantitative estimate of drug-likeness (QED) is 0.559. The Labute approximate surface area is 139 Å². The number of nitroso groups, excluding NO2 is 1. The summed E-state index contributed by atoms with van der Waals surface area (Å²) in [6.45, 7) is 5.36. The van der Waals surface area contributed by atoms with Gasteiger partial charge in [0.05, 0.1) is 6.61 Å². The van der Waals surface area contributed by atoms with Crippen LogP contribution >= 0.6 is 11.3 Å². The van der Waals surface area contributed by atoms with Crippen molar-refractivity contribution in [2.24, 2.45) is 5.18 Å². The normalized spacial score (nSPS) is 12.5. The number of ether oxygens (including phenoxy) is 2. The van der Waals surface area contributed by atoms with Crippen LogP contribution in [-0.4, -0.2) is 18.2 Å². The summed E-state index contributed by atoms with van der Waals surface area (Å²) in [5.74, 6) is 0.109. The van der Waals surface area contributed by atoms with Gasteiger partial charge < -0.3 is 9.47 Å². The molecule has 23 heavy (non-hydrogen) atoms. The van der Waals surface area contributed by atoms with Crippen molar-refractivity contribution in [2.75, 3.05) is 6.61 Å². The second kappa shape index (κ2) is 7.37. The highest BCUT2D eigenvalue weighted by atomic mass is 32.1. The van der Waals surface area contributed by atoms with Gasteiger partial charge in [0.1, 0.15) is 5.75 Å². The molecule has 122 valence electrons. The van der Waals surface area contributed by atoms with Crippen LogP contribution in [0, 0.1) is 4.91 Å². The molecule has 1 unspecified atom stereocenters. The predicted molar refractivity (Wildman–Crippen MR) is 89.7 cm³/mol. The highest BCUT2D eigenvalue weighted by Crippen LogP contribution is 2.31. The van der Waals surface area contributed by atoms with Crippen molar-refractivity contribution in [3.8, 4) is 5.75 Å². The Morgan fingerprint density at radius 1 is 1.26 bits per heavy atom. The molecule has 1 atom stereocenters. The molecule has 0 saturated carbocycles. The molecule has 0 fully saturated rings. The van der Waals surface area contributed by atoms with Crippen LogP contribution < -0.4 is 4.74 Å². The van der Waals surface area contributed by atoms with Crippen LogP contribution in [0.5, 0.6) is 5.75 Å². The van der Waals surface area contributed by atoms with Gasteiger partial charge in [-0.1, -0.05) is 23.4 Å². The summed E-state index contributed by atoms with van der Waals surface area (Å²) in [5.41, 5.74) is -0.295. The first-order valence-corrected chi connectivity index (χ1v) is 8.18. The van der Waals surface area contributed by atoms with Gasteiger partial charge in [0, 0.05) is 4.88 Å². The zero-order valence-electron chi connectivity index (χ0n) is 13.3. The predicted octanol–water partition coefficient (Wildman–Crippen LogP) is 4.32. The standard InChI is InChI=1S/C17H19NO4S/c1-4-21-16(19)17(2,3)22-13-9-7-12(8-10-13)15(18-20)14-6-5-11-23-14/h5-11,15H,4H2,1-3H3. The molecule has 0 N–H and O–H groups in total. The summed E-state index contributed by atoms with van der Waals surface area (Å²) in [4.78, 5) is 23.9. The lowest BCUT2D eigenvalue weighted by molar-refractivity contribution is -0.158. The number of hydrogen-bond donors (Lipinski definition) is 0. The maximum atomic E-state index is 11.8. The number of esters is 1. The van der Waals surface area contributed by atoms with Gasteiger partial charge in [0.15, 0.2) is 11.6 Å². The highest BCUT2D eigenvalue weighted by molar-refractivity contribution is 7.10. The van der Waals surface area contributed by atoms with Crippen LogP contribution in [0.3, 0.4) is 0 Å². The fourth-order valence-electron chi connectivity index (χ4n) is 2.08. The third-order valence-electron chi connectivity index (χ3n) is 3.25. The highest BCUT2D eigenvalue weighted by Gasteiger charge is 2.31. The van der Waals surface area contributed by atoms with E-state index in [-0.39, 0.29) is 0 Å². The summed E-state index contributed by atoms with van der Waals surface area (Å²) >= 11 is 1.49. The first-order chi connectivity index (χ1) is 11.0. The molecule has 0 spiro atoms. The Bertz CT molecular complexity index is 650. The molecule has 5 nitrogen and oxygen atoms in total. The molecule has 2 rings (SSSR count). The minimum absolute atomic E-state index is 0.304. The lowest BCUT2D eigenvalue weighted by Gasteiger charge is -2.24. The third-order valence-corrected chi connectivity index (χ3v) is 4.18. The SMILES string of the molecule is CCOC(=O)C(C)(C)Oc1ccc(C(N=O)c2cccs2)cc1. The zero-order valence-corrected chi connectivity index (χ0v) is 14.1. The molecule has 2 aromatic rings. The van der Waals surface area contributed by atoms with Crippen LogP contribution in [-0.2, 0) is 9.53 Å². The fourth-order valence-corrected chi connectivity index (χ4v) is 2.86. The van der Waals surface area contributed by atoms with Crippen molar-refractivity contribution >= 4 is 17.3 Å². The second-order valence-corrected chi connectivity index (χ2v) is 6.40. The van der Waals surface area contributed by atoms with Gasteiger partial charge in [-0.3, -0.25) is 0 Å². The molecule has 6 heteroatoms. The van der Waals surface area contributed by atoms with E-state index in [1.807, 2.05) is 17.5 Å². The number of benzene rings is 1. The second-order valence-electron chi connectivity index (χ2n) is 5.43. The molecule has 1 aromatic heterocycles. The maximum absolute atomic E-state index is 11.8. The lowest BCUT2D eigenvalue weighted by Crippen LogP contribution is -2.39.